The number of aromatic amines is 1. The van der Waals surface area contributed by atoms with E-state index in [4.69, 9.17) is 6.42 Å². The Morgan fingerprint density at radius 2 is 2.28 bits per heavy atom. The van der Waals surface area contributed by atoms with Crippen molar-refractivity contribution in [1.29, 1.82) is 0 Å². The fourth-order valence-corrected chi connectivity index (χ4v) is 1.65. The lowest BCUT2D eigenvalue weighted by molar-refractivity contribution is 0.0946. The largest absolute Gasteiger partial charge is 0.348 e. The summed E-state index contributed by atoms with van der Waals surface area (Å²) in [5.41, 5.74) is -0.145. The Labute approximate surface area is 112 Å². The maximum absolute atomic E-state index is 11.7. The van der Waals surface area contributed by atoms with Crippen molar-refractivity contribution in [2.24, 2.45) is 0 Å². The maximum atomic E-state index is 11.7. The van der Waals surface area contributed by atoms with Gasteiger partial charge in [0.1, 0.15) is 5.82 Å². The maximum Gasteiger partial charge on any atom is 0.290 e. The van der Waals surface area contributed by atoms with E-state index in [1.54, 1.807) is 11.8 Å². The van der Waals surface area contributed by atoms with Gasteiger partial charge in [-0.05, 0) is 0 Å². The first-order valence-electron chi connectivity index (χ1n) is 5.67. The molecule has 0 aliphatic carbocycles. The van der Waals surface area contributed by atoms with E-state index in [0.717, 1.165) is 5.75 Å². The predicted molar refractivity (Wildman–Crippen MR) is 73.6 cm³/mol. The fourth-order valence-electron chi connectivity index (χ4n) is 1.15. The van der Waals surface area contributed by atoms with Crippen LogP contribution in [0.3, 0.4) is 0 Å². The molecule has 5 nitrogen and oxygen atoms in total. The monoisotopic (exact) mass is 266 g/mol. The molecule has 0 aliphatic rings. The van der Waals surface area contributed by atoms with Crippen molar-refractivity contribution in [2.75, 3.05) is 18.1 Å². The van der Waals surface area contributed by atoms with Crippen molar-refractivity contribution >= 4 is 17.7 Å². The zero-order valence-electron chi connectivity index (χ0n) is 10.9. The van der Waals surface area contributed by atoms with Crippen molar-refractivity contribution in [3.63, 3.8) is 0 Å². The highest BCUT2D eigenvalue weighted by Crippen LogP contribution is 2.17. The quantitative estimate of drug-likeness (QED) is 0.620. The third kappa shape index (κ3) is 4.41. The lowest BCUT2D eigenvalue weighted by atomic mass is 9.96. The van der Waals surface area contributed by atoms with Gasteiger partial charge in [-0.15, -0.1) is 23.3 Å². The first-order valence-corrected chi connectivity index (χ1v) is 6.83. The zero-order chi connectivity index (χ0) is 13.6. The van der Waals surface area contributed by atoms with Gasteiger partial charge in [-0.1, -0.05) is 26.7 Å². The topological polar surface area (TPSA) is 70.7 Å². The minimum Gasteiger partial charge on any atom is -0.348 e. The Morgan fingerprint density at radius 1 is 1.56 bits per heavy atom. The van der Waals surface area contributed by atoms with E-state index in [0.29, 0.717) is 18.1 Å². The van der Waals surface area contributed by atoms with Gasteiger partial charge in [-0.2, -0.15) is 0 Å². The number of nitrogens with zero attached hydrogens (tertiary/aromatic N) is 2. The second-order valence-corrected chi connectivity index (χ2v) is 5.88. The summed E-state index contributed by atoms with van der Waals surface area (Å²) in [5, 5.41) is 9.44. The van der Waals surface area contributed by atoms with Crippen LogP contribution in [0.2, 0.25) is 0 Å². The number of rotatable bonds is 5. The molecule has 0 saturated carbocycles. The summed E-state index contributed by atoms with van der Waals surface area (Å²) in [6.45, 7) is 6.58. The van der Waals surface area contributed by atoms with Gasteiger partial charge < -0.3 is 5.32 Å². The Hall–Kier alpha value is -1.48. The van der Waals surface area contributed by atoms with Crippen LogP contribution in [-0.4, -0.2) is 39.1 Å². The molecule has 0 saturated heterocycles. The van der Waals surface area contributed by atoms with E-state index in [1.165, 1.54) is 0 Å². The number of hydrogen-bond acceptors (Lipinski definition) is 4. The Balaban J connectivity index is 2.43. The number of H-pyrrole nitrogens is 1. The first kappa shape index (κ1) is 14.6. The minimum absolute atomic E-state index is 0.145. The smallest absolute Gasteiger partial charge is 0.290 e. The van der Waals surface area contributed by atoms with Crippen molar-refractivity contribution in [3.8, 4) is 12.3 Å². The van der Waals surface area contributed by atoms with Crippen molar-refractivity contribution in [1.82, 2.24) is 20.5 Å². The number of amides is 1. The number of hydrogen-bond donors (Lipinski definition) is 2. The van der Waals surface area contributed by atoms with Crippen LogP contribution in [0, 0.1) is 12.3 Å². The van der Waals surface area contributed by atoms with Crippen LogP contribution >= 0.6 is 11.8 Å². The van der Waals surface area contributed by atoms with Crippen LogP contribution in [-0.2, 0) is 5.41 Å². The number of terminal acetylenes is 1. The Bertz CT molecular complexity index is 442. The molecule has 1 rings (SSSR count). The van der Waals surface area contributed by atoms with Gasteiger partial charge in [-0.25, -0.2) is 4.98 Å². The molecule has 1 amide bonds. The molecule has 0 atom stereocenters. The summed E-state index contributed by atoms with van der Waals surface area (Å²) >= 11 is 1.60. The SMILES string of the molecule is C#CCSCCNC(=O)c1n[nH]c(C(C)(C)C)n1. The lowest BCUT2D eigenvalue weighted by Crippen LogP contribution is -2.27. The van der Waals surface area contributed by atoms with Crippen LogP contribution in [0.5, 0.6) is 0 Å². The third-order valence-corrected chi connectivity index (χ3v) is 2.98. The van der Waals surface area contributed by atoms with Gasteiger partial charge in [0.2, 0.25) is 5.82 Å². The molecule has 2 N–H and O–H groups in total. The molecule has 1 aromatic rings. The molecule has 98 valence electrons. The molecule has 0 bridgehead atoms. The van der Waals surface area contributed by atoms with E-state index in [9.17, 15) is 4.79 Å². The molecule has 0 radical (unpaired) electrons. The van der Waals surface area contributed by atoms with Gasteiger partial charge in [0.05, 0.1) is 5.75 Å². The summed E-state index contributed by atoms with van der Waals surface area (Å²) in [7, 11) is 0. The normalized spacial score (nSPS) is 11.0. The molecule has 0 fully saturated rings. The zero-order valence-corrected chi connectivity index (χ0v) is 11.7. The number of aromatic nitrogens is 3. The van der Waals surface area contributed by atoms with Crippen LogP contribution < -0.4 is 5.32 Å². The summed E-state index contributed by atoms with van der Waals surface area (Å²) in [6, 6.07) is 0. The summed E-state index contributed by atoms with van der Waals surface area (Å²) in [4.78, 5) is 15.9. The van der Waals surface area contributed by atoms with Gasteiger partial charge in [0.25, 0.3) is 5.91 Å². The molecule has 1 aromatic heterocycles. The van der Waals surface area contributed by atoms with Gasteiger partial charge in [-0.3, -0.25) is 9.89 Å². The van der Waals surface area contributed by atoms with Crippen LogP contribution in [0.4, 0.5) is 0 Å². The average Bonchev–Trinajstić information content (AvgIpc) is 2.77. The molecule has 0 aromatic carbocycles. The van der Waals surface area contributed by atoms with E-state index < -0.39 is 0 Å². The van der Waals surface area contributed by atoms with E-state index in [1.807, 2.05) is 20.8 Å². The summed E-state index contributed by atoms with van der Waals surface area (Å²) < 4.78 is 0. The molecule has 6 heteroatoms. The Kier molecular flexibility index (Phi) is 5.23. The number of carbonyl (C=O) groups is 1. The van der Waals surface area contributed by atoms with Gasteiger partial charge in [0.15, 0.2) is 0 Å². The predicted octanol–water partition coefficient (Wildman–Crippen LogP) is 1.20. The summed E-state index contributed by atoms with van der Waals surface area (Å²) in [6.07, 6.45) is 5.12. The highest BCUT2D eigenvalue weighted by molar-refractivity contribution is 7.99. The van der Waals surface area contributed by atoms with Crippen LogP contribution in [0.25, 0.3) is 0 Å². The molecule has 0 aliphatic heterocycles. The molecule has 18 heavy (non-hydrogen) atoms. The van der Waals surface area contributed by atoms with E-state index >= 15 is 0 Å². The molecule has 0 unspecified atom stereocenters. The average molecular weight is 266 g/mol. The van der Waals surface area contributed by atoms with Crippen molar-refractivity contribution in [2.45, 2.75) is 26.2 Å². The van der Waals surface area contributed by atoms with Crippen LogP contribution in [0.15, 0.2) is 0 Å². The Morgan fingerprint density at radius 3 is 2.83 bits per heavy atom. The highest BCUT2D eigenvalue weighted by atomic mass is 32.2. The molecule has 1 heterocycles. The lowest BCUT2D eigenvalue weighted by Gasteiger charge is -2.12. The number of thioether (sulfide) groups is 1. The number of carbonyl (C=O) groups excluding carboxylic acids is 1. The highest BCUT2D eigenvalue weighted by Gasteiger charge is 2.20. The van der Waals surface area contributed by atoms with Gasteiger partial charge >= 0.3 is 0 Å². The van der Waals surface area contributed by atoms with Crippen LogP contribution in [0.1, 0.15) is 37.2 Å². The molecular formula is C12H18N4OS. The molecule has 0 spiro atoms. The van der Waals surface area contributed by atoms with E-state index in [2.05, 4.69) is 26.4 Å². The second-order valence-electron chi connectivity index (χ2n) is 4.77. The van der Waals surface area contributed by atoms with Crippen molar-refractivity contribution in [3.05, 3.63) is 11.6 Å². The van der Waals surface area contributed by atoms with Gasteiger partial charge in [0, 0.05) is 17.7 Å². The number of nitrogens with one attached hydrogen (secondary N) is 2. The van der Waals surface area contributed by atoms with Crippen molar-refractivity contribution < 1.29 is 4.79 Å². The van der Waals surface area contributed by atoms with E-state index in [-0.39, 0.29) is 17.1 Å². The first-order chi connectivity index (χ1) is 8.45. The second kappa shape index (κ2) is 6.45. The fraction of sp³-hybridized carbons (Fsp3) is 0.583. The standard InChI is InChI=1S/C12H18N4OS/c1-5-7-18-8-6-13-10(17)9-14-11(16-15-9)12(2,3)4/h1H,6-8H2,2-4H3,(H,13,17)(H,14,15,16). The third-order valence-electron chi connectivity index (χ3n) is 2.12. The molecular weight excluding hydrogens is 248 g/mol. The summed E-state index contributed by atoms with van der Waals surface area (Å²) in [5.74, 6) is 4.59. The minimum atomic E-state index is -0.261.